The predicted octanol–water partition coefficient (Wildman–Crippen LogP) is 6.18. The fraction of sp³-hybridized carbons (Fsp3) is 0.472. The second kappa shape index (κ2) is 17.2. The van der Waals surface area contributed by atoms with E-state index in [4.69, 9.17) is 16.3 Å². The molecule has 284 valence electrons. The highest BCUT2D eigenvalue weighted by molar-refractivity contribution is 6.36. The van der Waals surface area contributed by atoms with Crippen LogP contribution in [-0.4, -0.2) is 69.0 Å². The Morgan fingerprint density at radius 3 is 2.25 bits per heavy atom. The van der Waals surface area contributed by atoms with Gasteiger partial charge in [-0.1, -0.05) is 62.8 Å². The number of nitrogens with zero attached hydrogens (tertiary/aromatic N) is 3. The lowest BCUT2D eigenvalue weighted by atomic mass is 9.79. The first-order valence-corrected chi connectivity index (χ1v) is 17.8. The van der Waals surface area contributed by atoms with E-state index in [2.05, 4.69) is 36.2 Å². The second-order valence-corrected chi connectivity index (χ2v) is 13.9. The van der Waals surface area contributed by atoms with Crippen molar-refractivity contribution in [2.24, 2.45) is 11.8 Å². The van der Waals surface area contributed by atoms with Gasteiger partial charge in [0.25, 0.3) is 11.8 Å². The van der Waals surface area contributed by atoms with Gasteiger partial charge in [0.2, 0.25) is 17.7 Å². The minimum atomic E-state index is -4.63. The van der Waals surface area contributed by atoms with Gasteiger partial charge >= 0.3 is 18.2 Å². The molecule has 2 fully saturated rings. The molecule has 5 rings (SSSR count). The molecule has 0 unspecified atom stereocenters. The Bertz CT molecular complexity index is 1770. The fourth-order valence-electron chi connectivity index (χ4n) is 6.29. The maximum absolute atomic E-state index is 12.9. The Labute approximate surface area is 308 Å². The van der Waals surface area contributed by atoms with Crippen LogP contribution in [0.4, 0.5) is 30.8 Å². The molecule has 2 aliphatic carbocycles. The highest BCUT2D eigenvalue weighted by Crippen LogP contribution is 2.48. The lowest BCUT2D eigenvalue weighted by Crippen LogP contribution is -2.43. The zero-order valence-corrected chi connectivity index (χ0v) is 29.7. The van der Waals surface area contributed by atoms with Gasteiger partial charge in [-0.25, -0.2) is 4.79 Å². The molecule has 5 N–H and O–H groups in total. The number of carbonyl (C=O) groups excluding carboxylic acids is 3. The van der Waals surface area contributed by atoms with Gasteiger partial charge in [0.15, 0.2) is 6.61 Å². The first-order chi connectivity index (χ1) is 25.2. The molecule has 2 saturated carbocycles. The zero-order valence-electron chi connectivity index (χ0n) is 29.0. The predicted molar refractivity (Wildman–Crippen MR) is 189 cm³/mol. The highest BCUT2D eigenvalue weighted by Gasteiger charge is 2.45. The summed E-state index contributed by atoms with van der Waals surface area (Å²) in [5.74, 6) is -3.03. The van der Waals surface area contributed by atoms with Crippen molar-refractivity contribution >= 4 is 52.8 Å². The largest absolute Gasteiger partial charge is 0.480 e. The number of halogens is 4. The molecule has 0 aliphatic heterocycles. The number of alkyl halides is 3. The Kier molecular flexibility index (Phi) is 12.7. The summed E-state index contributed by atoms with van der Waals surface area (Å²) in [6.45, 7) is 0.214. The molecule has 0 bridgehead atoms. The highest BCUT2D eigenvalue weighted by atomic mass is 35.5. The van der Waals surface area contributed by atoms with E-state index >= 15 is 0 Å². The number of benzene rings is 2. The van der Waals surface area contributed by atoms with Crippen molar-refractivity contribution in [2.75, 3.05) is 23.8 Å². The Morgan fingerprint density at radius 2 is 1.62 bits per heavy atom. The average molecular weight is 760 g/mol. The number of hydrogen-bond acceptors (Lipinski definition) is 10. The number of ketones is 1. The maximum atomic E-state index is 12.9. The molecule has 53 heavy (non-hydrogen) atoms. The van der Waals surface area contributed by atoms with Gasteiger partial charge in [-0.2, -0.15) is 28.1 Å². The van der Waals surface area contributed by atoms with Gasteiger partial charge < -0.3 is 31.1 Å². The third kappa shape index (κ3) is 11.5. The number of aromatic nitrogens is 3. The van der Waals surface area contributed by atoms with Gasteiger partial charge in [-0.05, 0) is 73.1 Å². The minimum Gasteiger partial charge on any atom is -0.480 e. The van der Waals surface area contributed by atoms with Crippen LogP contribution in [0.3, 0.4) is 0 Å². The van der Waals surface area contributed by atoms with Crippen molar-refractivity contribution in [1.82, 2.24) is 25.6 Å². The number of Topliss-reactive ketones (excluding diaryl/α,β-unsaturated/α-hetero) is 1. The molecule has 2 aliphatic rings. The minimum absolute atomic E-state index is 0.0302. The summed E-state index contributed by atoms with van der Waals surface area (Å²) < 4.78 is 43.6. The van der Waals surface area contributed by atoms with E-state index in [9.17, 15) is 37.5 Å². The monoisotopic (exact) mass is 759 g/mol. The van der Waals surface area contributed by atoms with Crippen molar-refractivity contribution in [1.29, 1.82) is 0 Å². The van der Waals surface area contributed by atoms with Crippen LogP contribution in [0, 0.1) is 11.8 Å². The molecule has 2 atom stereocenters. The van der Waals surface area contributed by atoms with Crippen LogP contribution < -0.4 is 26.0 Å². The second-order valence-electron chi connectivity index (χ2n) is 13.5. The van der Waals surface area contributed by atoms with E-state index in [0.29, 0.717) is 29.5 Å². The molecule has 0 radical (unpaired) electrons. The number of rotatable bonds is 17. The number of carboxylic acid groups (broad SMARTS) is 1. The molecule has 0 spiro atoms. The van der Waals surface area contributed by atoms with Gasteiger partial charge in [0.05, 0.1) is 5.54 Å². The first-order valence-electron chi connectivity index (χ1n) is 17.4. The van der Waals surface area contributed by atoms with E-state index in [1.165, 1.54) is 30.7 Å². The summed E-state index contributed by atoms with van der Waals surface area (Å²) >= 11 is 6.02. The van der Waals surface area contributed by atoms with Crippen molar-refractivity contribution < 1.29 is 42.2 Å². The lowest BCUT2D eigenvalue weighted by Gasteiger charge is -2.27. The number of hydrogen-bond donors (Lipinski definition) is 5. The Morgan fingerprint density at radius 1 is 0.962 bits per heavy atom. The molecular formula is C36H41ClF3N7O6. The molecule has 17 heteroatoms. The maximum Gasteiger partial charge on any atom is 0.422 e. The molecule has 1 heterocycles. The average Bonchev–Trinajstić information content (AvgIpc) is 3.90. The molecule has 2 amide bonds. The number of ether oxygens (including phenoxy) is 1. The number of aliphatic carboxylic acids is 1. The lowest BCUT2D eigenvalue weighted by molar-refractivity contribution is -0.154. The van der Waals surface area contributed by atoms with Crippen molar-refractivity contribution in [2.45, 2.75) is 82.5 Å². The van der Waals surface area contributed by atoms with E-state index in [1.54, 1.807) is 12.1 Å². The topological polar surface area (TPSA) is 185 Å². The Hall–Kier alpha value is -4.99. The summed E-state index contributed by atoms with van der Waals surface area (Å²) in [4.78, 5) is 62.0. The molecule has 3 aromatic rings. The van der Waals surface area contributed by atoms with Gasteiger partial charge in [0, 0.05) is 29.2 Å². The van der Waals surface area contributed by atoms with Crippen LogP contribution >= 0.6 is 11.6 Å². The van der Waals surface area contributed by atoms with Crippen LogP contribution in [0.2, 0.25) is 5.02 Å². The number of amides is 2. The molecular weight excluding hydrogens is 719 g/mol. The molecule has 2 aromatic carbocycles. The molecule has 13 nitrogen and oxygen atoms in total. The van der Waals surface area contributed by atoms with Gasteiger partial charge in [-0.3, -0.25) is 14.4 Å². The number of anilines is 3. The van der Waals surface area contributed by atoms with E-state index in [1.807, 2.05) is 19.1 Å². The third-order valence-corrected chi connectivity index (χ3v) is 9.67. The van der Waals surface area contributed by atoms with Crippen LogP contribution in [-0.2, 0) is 19.9 Å². The number of carbonyl (C=O) groups is 4. The van der Waals surface area contributed by atoms with Gasteiger partial charge in [-0.15, -0.1) is 0 Å². The standard InChI is InChI=1S/C36H41ClF3N7O6/c1-21(22-5-3-2-4-6-22)19-28(48)30(50)41-18-15-27(31(51)52)43-29(49)23-7-13-26(14-8-23)42-32-44-33(46-34(45-32)53-20-36(38,39)40)47-35(16-17-35)24-9-11-25(37)12-10-24/h7-14,21-22,27H,2-6,15-20H2,1H3,(H,41,50)(H,43,49)(H,51,52)(H2,42,44,45,46,47)/t21-,27+/m1/s1. The summed E-state index contributed by atoms with van der Waals surface area (Å²) in [5.41, 5.74) is 0.786. The van der Waals surface area contributed by atoms with Crippen molar-refractivity contribution in [3.05, 3.63) is 64.7 Å². The normalized spacial score (nSPS) is 16.5. The first kappa shape index (κ1) is 39.2. The van der Waals surface area contributed by atoms with E-state index in [0.717, 1.165) is 31.2 Å². The van der Waals surface area contributed by atoms with Crippen LogP contribution in [0.1, 0.15) is 80.6 Å². The fourth-order valence-corrected chi connectivity index (χ4v) is 6.42. The van der Waals surface area contributed by atoms with E-state index < -0.39 is 53.9 Å². The summed E-state index contributed by atoms with van der Waals surface area (Å²) in [6.07, 6.45) is 2.28. The Balaban J connectivity index is 1.17. The molecule has 0 saturated heterocycles. The van der Waals surface area contributed by atoms with Crippen molar-refractivity contribution in [3.63, 3.8) is 0 Å². The summed E-state index contributed by atoms with van der Waals surface area (Å²) in [6, 6.07) is 10.9. The SMILES string of the molecule is C[C@H](CC(=O)C(=O)NCC[C@H](NC(=O)c1ccc(Nc2nc(NC3(c4ccc(Cl)cc4)CC3)nc(OCC(F)(F)F)n2)cc1)C(=O)O)C1CCCCC1. The number of carboxylic acids is 1. The zero-order chi connectivity index (χ0) is 38.2. The van der Waals surface area contributed by atoms with Crippen LogP contribution in [0.15, 0.2) is 48.5 Å². The van der Waals surface area contributed by atoms with Crippen LogP contribution in [0.5, 0.6) is 6.01 Å². The number of nitrogens with one attached hydrogen (secondary N) is 4. The summed E-state index contributed by atoms with van der Waals surface area (Å²) in [7, 11) is 0. The van der Waals surface area contributed by atoms with Gasteiger partial charge in [0.1, 0.15) is 6.04 Å². The van der Waals surface area contributed by atoms with Crippen LogP contribution in [0.25, 0.3) is 0 Å². The summed E-state index contributed by atoms with van der Waals surface area (Å²) in [5, 5.41) is 21.2. The molecule has 1 aromatic heterocycles. The van der Waals surface area contributed by atoms with Crippen molar-refractivity contribution in [3.8, 4) is 6.01 Å². The smallest absolute Gasteiger partial charge is 0.422 e. The third-order valence-electron chi connectivity index (χ3n) is 9.42. The van der Waals surface area contributed by atoms with E-state index in [-0.39, 0.29) is 42.8 Å². The quantitative estimate of drug-likeness (QED) is 0.0991.